The minimum atomic E-state index is -0.713. The van der Waals surface area contributed by atoms with Crippen LogP contribution in [-0.4, -0.2) is 58.6 Å². The van der Waals surface area contributed by atoms with E-state index >= 15 is 0 Å². The molecule has 1 fully saturated rings. The first kappa shape index (κ1) is 19.4. The van der Waals surface area contributed by atoms with Crippen LogP contribution in [0.5, 0.6) is 0 Å². The van der Waals surface area contributed by atoms with Crippen molar-refractivity contribution in [2.24, 2.45) is 0 Å². The fourth-order valence-corrected chi connectivity index (χ4v) is 3.28. The van der Waals surface area contributed by atoms with Gasteiger partial charge in [0.1, 0.15) is 0 Å². The van der Waals surface area contributed by atoms with Crippen molar-refractivity contribution in [1.82, 2.24) is 14.8 Å². The van der Waals surface area contributed by atoms with Gasteiger partial charge in [-0.05, 0) is 0 Å². The Hall–Kier alpha value is -0.690. The maximum absolute atomic E-state index is 10.6. The summed E-state index contributed by atoms with van der Waals surface area (Å²) in [5, 5.41) is 12.1. The molecule has 7 heteroatoms. The van der Waals surface area contributed by atoms with Crippen LogP contribution in [-0.2, 0) is 16.8 Å². The van der Waals surface area contributed by atoms with Crippen molar-refractivity contribution in [2.45, 2.75) is 39.2 Å². The molecular formula is C15H26ClN3O2S. The molecule has 0 saturated carbocycles. The van der Waals surface area contributed by atoms with E-state index in [9.17, 15) is 4.79 Å². The third kappa shape index (κ3) is 5.83. The fraction of sp³-hybridized carbons (Fsp3) is 0.733. The molecule has 0 amide bonds. The third-order valence-corrected chi connectivity index (χ3v) is 5.00. The van der Waals surface area contributed by atoms with Crippen molar-refractivity contribution < 1.29 is 9.90 Å². The first-order chi connectivity index (χ1) is 9.84. The number of aliphatic carboxylic acids is 1. The van der Waals surface area contributed by atoms with Gasteiger partial charge in [0.2, 0.25) is 0 Å². The van der Waals surface area contributed by atoms with Crippen LogP contribution in [0.25, 0.3) is 0 Å². The highest BCUT2D eigenvalue weighted by molar-refractivity contribution is 7.09. The lowest BCUT2D eigenvalue weighted by molar-refractivity contribution is -0.137. The molecule has 1 aromatic rings. The van der Waals surface area contributed by atoms with Crippen molar-refractivity contribution in [2.75, 3.05) is 32.7 Å². The number of hydrogen-bond donors (Lipinski definition) is 1. The number of carboxylic acids is 1. The van der Waals surface area contributed by atoms with Gasteiger partial charge in [0.15, 0.2) is 0 Å². The number of halogens is 1. The number of carboxylic acid groups (broad SMARTS) is 1. The lowest BCUT2D eigenvalue weighted by Crippen LogP contribution is -2.46. The van der Waals surface area contributed by atoms with E-state index < -0.39 is 5.97 Å². The average Bonchev–Trinajstić information content (AvgIpc) is 2.86. The molecule has 126 valence electrons. The highest BCUT2D eigenvalue weighted by Gasteiger charge is 2.21. The molecule has 0 unspecified atom stereocenters. The number of aromatic nitrogens is 1. The van der Waals surface area contributed by atoms with Crippen LogP contribution in [0.1, 0.15) is 37.9 Å². The Morgan fingerprint density at radius 3 is 2.36 bits per heavy atom. The van der Waals surface area contributed by atoms with Gasteiger partial charge in [0.05, 0.1) is 17.1 Å². The topological polar surface area (TPSA) is 56.7 Å². The number of hydrogen-bond acceptors (Lipinski definition) is 5. The first-order valence-corrected chi connectivity index (χ1v) is 8.34. The lowest BCUT2D eigenvalue weighted by atomic mass is 9.98. The Balaban J connectivity index is 0.00000242. The zero-order valence-electron chi connectivity index (χ0n) is 13.5. The molecule has 5 nitrogen and oxygen atoms in total. The summed E-state index contributed by atoms with van der Waals surface area (Å²) in [6.07, 6.45) is 0.237. The summed E-state index contributed by atoms with van der Waals surface area (Å²) in [6, 6.07) is 0. The standard InChI is InChI=1S/C15H25N3O2S.ClH/c1-15(2,3)14-16-12(11-21-14)10-18-8-6-17(7-9-18)5-4-13(19)20;/h11H,4-10H2,1-3H3,(H,19,20);1H. The highest BCUT2D eigenvalue weighted by Crippen LogP contribution is 2.26. The van der Waals surface area contributed by atoms with Crippen molar-refractivity contribution in [1.29, 1.82) is 0 Å². The second kappa shape index (κ2) is 8.24. The van der Waals surface area contributed by atoms with E-state index in [1.807, 2.05) is 0 Å². The Bertz CT molecular complexity index is 479. The van der Waals surface area contributed by atoms with E-state index in [4.69, 9.17) is 10.1 Å². The van der Waals surface area contributed by atoms with Crippen molar-refractivity contribution >= 4 is 29.7 Å². The summed E-state index contributed by atoms with van der Waals surface area (Å²) in [4.78, 5) is 20.0. The maximum atomic E-state index is 10.6. The molecule has 1 N–H and O–H groups in total. The van der Waals surface area contributed by atoms with Gasteiger partial charge in [-0.25, -0.2) is 4.98 Å². The molecule has 1 saturated heterocycles. The predicted molar refractivity (Wildman–Crippen MR) is 92.0 cm³/mol. The lowest BCUT2D eigenvalue weighted by Gasteiger charge is -2.34. The normalized spacial score (nSPS) is 17.2. The maximum Gasteiger partial charge on any atom is 0.304 e. The van der Waals surface area contributed by atoms with Crippen molar-refractivity contribution in [3.05, 3.63) is 16.1 Å². The van der Waals surface area contributed by atoms with Crippen LogP contribution in [0.2, 0.25) is 0 Å². The number of piperazine rings is 1. The van der Waals surface area contributed by atoms with Crippen LogP contribution in [0.3, 0.4) is 0 Å². The average molecular weight is 348 g/mol. The molecule has 1 aromatic heterocycles. The summed E-state index contributed by atoms with van der Waals surface area (Å²) in [7, 11) is 0. The Labute approximate surface area is 142 Å². The van der Waals surface area contributed by atoms with Gasteiger partial charge in [-0.3, -0.25) is 9.69 Å². The van der Waals surface area contributed by atoms with Gasteiger partial charge in [-0.15, -0.1) is 23.7 Å². The molecule has 0 bridgehead atoms. The van der Waals surface area contributed by atoms with Gasteiger partial charge < -0.3 is 10.0 Å². The van der Waals surface area contributed by atoms with Crippen LogP contribution >= 0.6 is 23.7 Å². The van der Waals surface area contributed by atoms with Gasteiger partial charge in [-0.1, -0.05) is 20.8 Å². The minimum absolute atomic E-state index is 0. The molecule has 22 heavy (non-hydrogen) atoms. The largest absolute Gasteiger partial charge is 0.481 e. The summed E-state index contributed by atoms with van der Waals surface area (Å²) in [6.45, 7) is 12.0. The van der Waals surface area contributed by atoms with E-state index in [0.29, 0.717) is 6.54 Å². The van der Waals surface area contributed by atoms with Gasteiger partial charge >= 0.3 is 5.97 Å². The number of rotatable bonds is 5. The fourth-order valence-electron chi connectivity index (χ4n) is 2.38. The van der Waals surface area contributed by atoms with Crippen molar-refractivity contribution in [3.63, 3.8) is 0 Å². The number of nitrogens with zero attached hydrogens (tertiary/aromatic N) is 3. The quantitative estimate of drug-likeness (QED) is 0.886. The van der Waals surface area contributed by atoms with E-state index in [-0.39, 0.29) is 24.2 Å². The number of carbonyl (C=O) groups is 1. The zero-order valence-corrected chi connectivity index (χ0v) is 15.2. The molecule has 0 aliphatic carbocycles. The first-order valence-electron chi connectivity index (χ1n) is 7.46. The molecule has 1 aliphatic rings. The van der Waals surface area contributed by atoms with Crippen LogP contribution in [0, 0.1) is 0 Å². The SMILES string of the molecule is CC(C)(C)c1nc(CN2CCN(CCC(=O)O)CC2)cs1.Cl. The Morgan fingerprint density at radius 2 is 1.86 bits per heavy atom. The molecule has 2 rings (SSSR count). The van der Waals surface area contributed by atoms with Crippen molar-refractivity contribution in [3.8, 4) is 0 Å². The number of thiazole rings is 1. The molecule has 1 aliphatic heterocycles. The third-order valence-electron chi connectivity index (χ3n) is 3.69. The second-order valence-corrected chi connectivity index (χ2v) is 7.51. The summed E-state index contributed by atoms with van der Waals surface area (Å²) < 4.78 is 0. The van der Waals surface area contributed by atoms with Crippen LogP contribution < -0.4 is 0 Å². The van der Waals surface area contributed by atoms with Crippen LogP contribution in [0.4, 0.5) is 0 Å². The Morgan fingerprint density at radius 1 is 1.27 bits per heavy atom. The predicted octanol–water partition coefficient (Wildman–Crippen LogP) is 2.45. The summed E-state index contributed by atoms with van der Waals surface area (Å²) >= 11 is 1.74. The molecule has 0 atom stereocenters. The summed E-state index contributed by atoms with van der Waals surface area (Å²) in [5.41, 5.74) is 1.28. The molecule has 2 heterocycles. The van der Waals surface area contributed by atoms with Gasteiger partial charge in [0.25, 0.3) is 0 Å². The van der Waals surface area contributed by atoms with E-state index in [1.165, 1.54) is 5.01 Å². The highest BCUT2D eigenvalue weighted by atomic mass is 35.5. The molecule has 0 spiro atoms. The monoisotopic (exact) mass is 347 g/mol. The van der Waals surface area contributed by atoms with Crippen LogP contribution in [0.15, 0.2) is 5.38 Å². The Kier molecular flexibility index (Phi) is 7.25. The van der Waals surface area contributed by atoms with E-state index in [1.54, 1.807) is 11.3 Å². The second-order valence-electron chi connectivity index (χ2n) is 6.66. The van der Waals surface area contributed by atoms with E-state index in [0.717, 1.165) is 38.4 Å². The molecule has 0 aromatic carbocycles. The van der Waals surface area contributed by atoms with Gasteiger partial charge in [-0.2, -0.15) is 0 Å². The molecular weight excluding hydrogens is 322 g/mol. The smallest absolute Gasteiger partial charge is 0.304 e. The van der Waals surface area contributed by atoms with Gasteiger partial charge in [0, 0.05) is 50.1 Å². The minimum Gasteiger partial charge on any atom is -0.481 e. The zero-order chi connectivity index (χ0) is 15.5. The van der Waals surface area contributed by atoms with E-state index in [2.05, 4.69) is 36.0 Å². The molecule has 0 radical (unpaired) electrons. The summed E-state index contributed by atoms with van der Waals surface area (Å²) in [5.74, 6) is -0.713.